The molecule has 5 nitrogen and oxygen atoms in total. The van der Waals surface area contributed by atoms with Crippen LogP contribution >= 0.6 is 0 Å². The maximum atomic E-state index is 12.1. The number of hydrogen-bond acceptors (Lipinski definition) is 3. The van der Waals surface area contributed by atoms with Crippen LogP contribution in [0.5, 0.6) is 0 Å². The van der Waals surface area contributed by atoms with Gasteiger partial charge in [0, 0.05) is 11.6 Å². The molecule has 0 spiro atoms. The Morgan fingerprint density at radius 1 is 1.33 bits per heavy atom. The standard InChI is InChI=1S/C13H18N4O/c1-4-10(8(2)3)14-13(18)9-5-6-11-12(7-9)16-17-15-11/h5-8,10H,4H2,1-3H3,(H,14,18)(H,15,16,17)/t10-/m0/s1. The first-order chi connectivity index (χ1) is 8.61. The molecule has 5 heteroatoms. The number of nitrogens with one attached hydrogen (secondary N) is 2. The van der Waals surface area contributed by atoms with Gasteiger partial charge in [-0.25, -0.2) is 0 Å². The number of rotatable bonds is 4. The highest BCUT2D eigenvalue weighted by Crippen LogP contribution is 2.12. The van der Waals surface area contributed by atoms with Crippen LogP contribution in [0.3, 0.4) is 0 Å². The Kier molecular flexibility index (Phi) is 3.60. The van der Waals surface area contributed by atoms with Crippen molar-refractivity contribution in [2.24, 2.45) is 5.92 Å². The second kappa shape index (κ2) is 5.16. The van der Waals surface area contributed by atoms with Crippen molar-refractivity contribution in [2.75, 3.05) is 0 Å². The first-order valence-electron chi connectivity index (χ1n) is 6.23. The lowest BCUT2D eigenvalue weighted by atomic mass is 10.0. The molecule has 2 aromatic rings. The van der Waals surface area contributed by atoms with Crippen molar-refractivity contribution in [3.05, 3.63) is 23.8 Å². The number of aromatic nitrogens is 3. The van der Waals surface area contributed by atoms with Gasteiger partial charge >= 0.3 is 0 Å². The fraction of sp³-hybridized carbons (Fsp3) is 0.462. The van der Waals surface area contributed by atoms with E-state index in [2.05, 4.69) is 41.5 Å². The highest BCUT2D eigenvalue weighted by molar-refractivity contribution is 5.97. The van der Waals surface area contributed by atoms with E-state index in [1.165, 1.54) is 0 Å². The van der Waals surface area contributed by atoms with Gasteiger partial charge in [0.2, 0.25) is 0 Å². The van der Waals surface area contributed by atoms with Gasteiger partial charge < -0.3 is 5.32 Å². The molecule has 1 aromatic carbocycles. The van der Waals surface area contributed by atoms with Gasteiger partial charge in [-0.2, -0.15) is 15.4 Å². The topological polar surface area (TPSA) is 70.7 Å². The largest absolute Gasteiger partial charge is 0.349 e. The molecule has 1 heterocycles. The summed E-state index contributed by atoms with van der Waals surface area (Å²) < 4.78 is 0. The van der Waals surface area contributed by atoms with Crippen LogP contribution in [0.4, 0.5) is 0 Å². The van der Waals surface area contributed by atoms with E-state index in [0.717, 1.165) is 11.9 Å². The summed E-state index contributed by atoms with van der Waals surface area (Å²) in [5.41, 5.74) is 2.10. The van der Waals surface area contributed by atoms with Gasteiger partial charge in [0.25, 0.3) is 5.91 Å². The number of hydrogen-bond donors (Lipinski definition) is 2. The average molecular weight is 246 g/mol. The summed E-state index contributed by atoms with van der Waals surface area (Å²) in [6, 6.07) is 5.52. The predicted octanol–water partition coefficient (Wildman–Crippen LogP) is 2.12. The molecule has 2 rings (SSSR count). The Bertz CT molecular complexity index is 547. The third kappa shape index (κ3) is 2.50. The van der Waals surface area contributed by atoms with Crippen molar-refractivity contribution in [1.29, 1.82) is 0 Å². The predicted molar refractivity (Wildman–Crippen MR) is 70.3 cm³/mol. The molecule has 0 saturated heterocycles. The molecule has 1 atom stereocenters. The molecule has 0 radical (unpaired) electrons. The van der Waals surface area contributed by atoms with Crippen LogP contribution in [0.2, 0.25) is 0 Å². The summed E-state index contributed by atoms with van der Waals surface area (Å²) in [5.74, 6) is 0.371. The van der Waals surface area contributed by atoms with E-state index >= 15 is 0 Å². The zero-order valence-corrected chi connectivity index (χ0v) is 10.9. The lowest BCUT2D eigenvalue weighted by Gasteiger charge is -2.20. The molecule has 0 bridgehead atoms. The minimum atomic E-state index is -0.0551. The van der Waals surface area contributed by atoms with Crippen molar-refractivity contribution in [3.8, 4) is 0 Å². The Morgan fingerprint density at radius 3 is 2.72 bits per heavy atom. The van der Waals surface area contributed by atoms with E-state index in [1.54, 1.807) is 18.2 Å². The van der Waals surface area contributed by atoms with Crippen molar-refractivity contribution in [3.63, 3.8) is 0 Å². The van der Waals surface area contributed by atoms with Crippen LogP contribution in [0.25, 0.3) is 11.0 Å². The molecule has 1 amide bonds. The van der Waals surface area contributed by atoms with Crippen LogP contribution in [-0.2, 0) is 0 Å². The number of fused-ring (bicyclic) bond motifs is 1. The Hall–Kier alpha value is -1.91. The van der Waals surface area contributed by atoms with Gasteiger partial charge in [0.1, 0.15) is 11.0 Å². The maximum absolute atomic E-state index is 12.1. The van der Waals surface area contributed by atoms with Crippen molar-refractivity contribution in [1.82, 2.24) is 20.7 Å². The number of carbonyl (C=O) groups excluding carboxylic acids is 1. The van der Waals surface area contributed by atoms with Gasteiger partial charge in [0.15, 0.2) is 0 Å². The molecule has 1 aromatic heterocycles. The summed E-state index contributed by atoms with van der Waals surface area (Å²) in [7, 11) is 0. The van der Waals surface area contributed by atoms with E-state index < -0.39 is 0 Å². The zero-order chi connectivity index (χ0) is 13.1. The normalized spacial score (nSPS) is 12.9. The summed E-state index contributed by atoms with van der Waals surface area (Å²) in [6.07, 6.45) is 0.926. The molecular formula is C13H18N4O. The molecule has 0 unspecified atom stereocenters. The van der Waals surface area contributed by atoms with Gasteiger partial charge in [-0.05, 0) is 30.5 Å². The number of carbonyl (C=O) groups is 1. The summed E-state index contributed by atoms with van der Waals surface area (Å²) in [5, 5.41) is 13.5. The van der Waals surface area contributed by atoms with Crippen LogP contribution in [0.1, 0.15) is 37.6 Å². The number of aromatic amines is 1. The van der Waals surface area contributed by atoms with E-state index in [-0.39, 0.29) is 11.9 Å². The lowest BCUT2D eigenvalue weighted by molar-refractivity contribution is 0.0924. The minimum Gasteiger partial charge on any atom is -0.349 e. The van der Waals surface area contributed by atoms with E-state index in [1.807, 2.05) is 0 Å². The van der Waals surface area contributed by atoms with Gasteiger partial charge in [-0.3, -0.25) is 4.79 Å². The number of nitrogens with zero attached hydrogens (tertiary/aromatic N) is 2. The molecule has 18 heavy (non-hydrogen) atoms. The molecule has 0 saturated carbocycles. The first-order valence-corrected chi connectivity index (χ1v) is 6.23. The fourth-order valence-corrected chi connectivity index (χ4v) is 1.97. The molecule has 2 N–H and O–H groups in total. The Balaban J connectivity index is 2.17. The van der Waals surface area contributed by atoms with Crippen molar-refractivity contribution >= 4 is 16.9 Å². The molecule has 0 aliphatic carbocycles. The number of amides is 1. The Morgan fingerprint density at radius 2 is 2.06 bits per heavy atom. The van der Waals surface area contributed by atoms with E-state index in [9.17, 15) is 4.79 Å². The SMILES string of the molecule is CC[C@H](NC(=O)c1ccc2n[nH]nc2c1)C(C)C. The highest BCUT2D eigenvalue weighted by atomic mass is 16.1. The summed E-state index contributed by atoms with van der Waals surface area (Å²) in [6.45, 7) is 6.29. The molecule has 0 aliphatic heterocycles. The van der Waals surface area contributed by atoms with Crippen molar-refractivity contribution < 1.29 is 4.79 Å². The minimum absolute atomic E-state index is 0.0551. The third-order valence-corrected chi connectivity index (χ3v) is 3.14. The monoisotopic (exact) mass is 246 g/mol. The quantitative estimate of drug-likeness (QED) is 0.868. The first kappa shape index (κ1) is 12.5. The molecule has 0 aliphatic rings. The Labute approximate surface area is 106 Å². The summed E-state index contributed by atoms with van der Waals surface area (Å²) in [4.78, 5) is 12.1. The van der Waals surface area contributed by atoms with E-state index in [4.69, 9.17) is 0 Å². The van der Waals surface area contributed by atoms with Crippen LogP contribution in [0.15, 0.2) is 18.2 Å². The summed E-state index contributed by atoms with van der Waals surface area (Å²) >= 11 is 0. The van der Waals surface area contributed by atoms with Crippen molar-refractivity contribution in [2.45, 2.75) is 33.2 Å². The second-order valence-corrected chi connectivity index (χ2v) is 4.76. The zero-order valence-electron chi connectivity index (χ0n) is 10.9. The molecule has 0 fully saturated rings. The van der Waals surface area contributed by atoms with Crippen LogP contribution in [-0.4, -0.2) is 27.4 Å². The average Bonchev–Trinajstić information content (AvgIpc) is 2.82. The fourth-order valence-electron chi connectivity index (χ4n) is 1.97. The number of H-pyrrole nitrogens is 1. The third-order valence-electron chi connectivity index (χ3n) is 3.14. The van der Waals surface area contributed by atoms with Gasteiger partial charge in [-0.1, -0.05) is 20.8 Å². The van der Waals surface area contributed by atoms with E-state index in [0.29, 0.717) is 17.0 Å². The number of benzene rings is 1. The maximum Gasteiger partial charge on any atom is 0.251 e. The lowest BCUT2D eigenvalue weighted by Crippen LogP contribution is -2.37. The van der Waals surface area contributed by atoms with Crippen LogP contribution < -0.4 is 5.32 Å². The molecular weight excluding hydrogens is 228 g/mol. The highest BCUT2D eigenvalue weighted by Gasteiger charge is 2.15. The van der Waals surface area contributed by atoms with Gasteiger partial charge in [0.05, 0.1) is 0 Å². The van der Waals surface area contributed by atoms with Crippen LogP contribution in [0, 0.1) is 5.92 Å². The second-order valence-electron chi connectivity index (χ2n) is 4.76. The molecule has 96 valence electrons. The van der Waals surface area contributed by atoms with Gasteiger partial charge in [-0.15, -0.1) is 0 Å². The smallest absolute Gasteiger partial charge is 0.251 e.